The Morgan fingerprint density at radius 3 is 2.34 bits per heavy atom. The Hall–Kier alpha value is -1.93. The number of hydrogen-bond acceptors (Lipinski definition) is 6. The highest BCUT2D eigenvalue weighted by molar-refractivity contribution is 8.18. The minimum absolute atomic E-state index is 0.346. The number of methoxy groups -OCH3 is 2. The van der Waals surface area contributed by atoms with Crippen LogP contribution in [0.1, 0.15) is 39.2 Å². The van der Waals surface area contributed by atoms with Gasteiger partial charge in [-0.2, -0.15) is 9.97 Å². The third-order valence-corrected chi connectivity index (χ3v) is 10.4. The Morgan fingerprint density at radius 2 is 1.79 bits per heavy atom. The minimum atomic E-state index is -1.12. The van der Waals surface area contributed by atoms with Gasteiger partial charge in [0.05, 0.1) is 36.6 Å². The van der Waals surface area contributed by atoms with Gasteiger partial charge in [0.1, 0.15) is 5.75 Å². The molecule has 2 atom stereocenters. The second-order valence-electron chi connectivity index (χ2n) is 7.33. The Kier molecular flexibility index (Phi) is 6.33. The molecular weight excluding hydrogens is 408 g/mol. The summed E-state index contributed by atoms with van der Waals surface area (Å²) in [6, 6.07) is 9.70. The summed E-state index contributed by atoms with van der Waals surface area (Å²) in [5.74, 6) is 0.675. The fourth-order valence-corrected chi connectivity index (χ4v) is 9.03. The molecule has 2 aromatic rings. The number of ether oxygens (including phenoxy) is 2. The number of benzene rings is 1. The molecule has 1 N–H and O–H groups in total. The molecule has 6 nitrogen and oxygen atoms in total. The van der Waals surface area contributed by atoms with Crippen LogP contribution in [0.25, 0.3) is 0 Å². The first-order valence-corrected chi connectivity index (χ1v) is 11.7. The predicted molar refractivity (Wildman–Crippen MR) is 116 cm³/mol. The van der Waals surface area contributed by atoms with E-state index in [1.54, 1.807) is 6.07 Å². The lowest BCUT2D eigenvalue weighted by molar-refractivity contribution is -0.138. The number of carboxylic acid groups (broad SMARTS) is 1. The molecule has 0 saturated carbocycles. The zero-order valence-electron chi connectivity index (χ0n) is 17.4. The van der Waals surface area contributed by atoms with Crippen molar-refractivity contribution in [3.05, 3.63) is 35.9 Å². The fraction of sp³-hybridized carbons (Fsp3) is 0.476. The van der Waals surface area contributed by atoms with E-state index in [9.17, 15) is 9.90 Å². The highest BCUT2D eigenvalue weighted by Crippen LogP contribution is 2.60. The number of unbranched alkanes of at least 4 members (excludes halogenated alkanes) is 1. The summed E-state index contributed by atoms with van der Waals surface area (Å²) in [4.78, 5) is 22.9. The summed E-state index contributed by atoms with van der Waals surface area (Å²) < 4.78 is 9.42. The van der Waals surface area contributed by atoms with Crippen molar-refractivity contribution in [2.75, 3.05) is 20.0 Å². The van der Waals surface area contributed by atoms with E-state index < -0.39 is 26.4 Å². The summed E-state index contributed by atoms with van der Waals surface area (Å²) in [7, 11) is 2.52. The van der Waals surface area contributed by atoms with Crippen LogP contribution in [0.4, 0.5) is 0 Å². The number of rotatable bonds is 8. The van der Waals surface area contributed by atoms with E-state index in [-0.39, 0.29) is 0 Å². The van der Waals surface area contributed by atoms with Gasteiger partial charge in [-0.1, -0.05) is 31.5 Å². The number of nitrogens with zero attached hydrogens (tertiary/aromatic N) is 2. The molecule has 0 fully saturated rings. The Balaban J connectivity index is 2.18. The third kappa shape index (κ3) is 3.57. The van der Waals surface area contributed by atoms with Crippen LogP contribution in [0.3, 0.4) is 0 Å². The van der Waals surface area contributed by atoms with Gasteiger partial charge in [-0.05, 0) is 38.1 Å². The molecule has 0 aliphatic carbocycles. The first kappa shape index (κ1) is 21.8. The average Bonchev–Trinajstić information content (AvgIpc) is 2.90. The molecule has 1 aromatic heterocycles. The molecule has 156 valence electrons. The Labute approximate surface area is 178 Å². The van der Waals surface area contributed by atoms with Crippen molar-refractivity contribution in [1.82, 2.24) is 9.97 Å². The maximum Gasteiger partial charge on any atom is 0.373 e. The van der Waals surface area contributed by atoms with Gasteiger partial charge in [0, 0.05) is 5.56 Å². The molecule has 29 heavy (non-hydrogen) atoms. The quantitative estimate of drug-likeness (QED) is 0.493. The van der Waals surface area contributed by atoms with Gasteiger partial charge in [0.15, 0.2) is 10.1 Å². The zero-order chi connectivity index (χ0) is 21.2. The van der Waals surface area contributed by atoms with E-state index in [0.717, 1.165) is 29.1 Å². The van der Waals surface area contributed by atoms with Crippen LogP contribution in [0.15, 0.2) is 40.4 Å². The molecule has 0 radical (unpaired) electrons. The summed E-state index contributed by atoms with van der Waals surface area (Å²) in [6.07, 6.45) is 1.97. The normalized spacial score (nSPS) is 22.2. The van der Waals surface area contributed by atoms with E-state index in [0.29, 0.717) is 16.9 Å². The Morgan fingerprint density at radius 1 is 1.17 bits per heavy atom. The highest BCUT2D eigenvalue weighted by atomic mass is 32.2. The Bertz CT molecular complexity index is 884. The lowest BCUT2D eigenvalue weighted by Crippen LogP contribution is -2.53. The van der Waals surface area contributed by atoms with Crippen molar-refractivity contribution in [3.63, 3.8) is 0 Å². The van der Waals surface area contributed by atoms with E-state index in [2.05, 4.69) is 29.0 Å². The van der Waals surface area contributed by atoms with E-state index >= 15 is 0 Å². The first-order valence-electron chi connectivity index (χ1n) is 9.51. The molecule has 1 aromatic carbocycles. The number of fused-ring (bicyclic) bond motifs is 1. The summed E-state index contributed by atoms with van der Waals surface area (Å²) >= 11 is 1.22. The molecular formula is C21H27N2O4S2+. The van der Waals surface area contributed by atoms with Gasteiger partial charge >= 0.3 is 5.97 Å². The van der Waals surface area contributed by atoms with Crippen LogP contribution >= 0.6 is 11.8 Å². The molecule has 8 heteroatoms. The largest absolute Gasteiger partial charge is 0.481 e. The molecule has 1 aliphatic rings. The standard InChI is InChI=1S/C21H26N2O4S2/c1-6-7-12-29-15-11-9-8-10-14(15)20(2,3)21(29,18(24)25)28-19-22-16(26-4)13-17(23-19)27-5/h8-11,13H,6-7,12H2,1-5H3/p+1. The molecule has 2 unspecified atom stereocenters. The van der Waals surface area contributed by atoms with Crippen LogP contribution in [0.2, 0.25) is 0 Å². The van der Waals surface area contributed by atoms with Crippen molar-refractivity contribution in [3.8, 4) is 11.8 Å². The zero-order valence-corrected chi connectivity index (χ0v) is 19.0. The van der Waals surface area contributed by atoms with Crippen molar-refractivity contribution in [1.29, 1.82) is 0 Å². The number of aromatic nitrogens is 2. The van der Waals surface area contributed by atoms with E-state index in [4.69, 9.17) is 9.47 Å². The number of carbonyl (C=O) groups is 1. The smallest absolute Gasteiger partial charge is 0.373 e. The van der Waals surface area contributed by atoms with E-state index in [1.807, 2.05) is 26.0 Å². The van der Waals surface area contributed by atoms with Crippen LogP contribution < -0.4 is 9.47 Å². The van der Waals surface area contributed by atoms with Gasteiger partial charge < -0.3 is 14.6 Å². The molecule has 1 aliphatic heterocycles. The molecule has 2 heterocycles. The van der Waals surface area contributed by atoms with Crippen molar-refractivity contribution in [2.24, 2.45) is 0 Å². The lowest BCUT2D eigenvalue weighted by Gasteiger charge is -2.33. The summed E-state index contributed by atoms with van der Waals surface area (Å²) in [5, 5.41) is 11.0. The molecule has 0 saturated heterocycles. The summed E-state index contributed by atoms with van der Waals surface area (Å²) in [5.41, 5.74) is 0.473. The van der Waals surface area contributed by atoms with Gasteiger partial charge in [-0.25, -0.2) is 4.79 Å². The van der Waals surface area contributed by atoms with Crippen LogP contribution in [0.5, 0.6) is 11.8 Å². The summed E-state index contributed by atoms with van der Waals surface area (Å²) in [6.45, 7) is 6.16. The van der Waals surface area contributed by atoms with Crippen molar-refractivity contribution < 1.29 is 19.4 Å². The van der Waals surface area contributed by atoms with Crippen LogP contribution in [0, 0.1) is 0 Å². The number of thioether (sulfide) groups is 1. The maximum absolute atomic E-state index is 13.0. The maximum atomic E-state index is 13.0. The number of hydrogen-bond donors (Lipinski definition) is 1. The second-order valence-corrected chi connectivity index (χ2v) is 11.0. The van der Waals surface area contributed by atoms with Crippen molar-refractivity contribution in [2.45, 2.75) is 53.2 Å². The average molecular weight is 436 g/mol. The molecule has 3 rings (SSSR count). The lowest BCUT2D eigenvalue weighted by atomic mass is 9.81. The number of aliphatic carboxylic acids is 1. The highest BCUT2D eigenvalue weighted by Gasteiger charge is 2.72. The first-order chi connectivity index (χ1) is 13.8. The van der Waals surface area contributed by atoms with E-state index in [1.165, 1.54) is 26.0 Å². The second kappa shape index (κ2) is 8.44. The predicted octanol–water partition coefficient (Wildman–Crippen LogP) is 4.14. The molecule has 0 spiro atoms. The van der Waals surface area contributed by atoms with Gasteiger partial charge in [-0.15, -0.1) is 0 Å². The SMILES string of the molecule is CCCC[S+]1c2ccccc2C(C)(C)C1(Sc1nc(OC)cc(OC)n1)C(=O)O. The van der Waals surface area contributed by atoms with Gasteiger partial charge in [0.2, 0.25) is 11.8 Å². The minimum Gasteiger partial charge on any atom is -0.481 e. The van der Waals surface area contributed by atoms with Crippen molar-refractivity contribution >= 4 is 28.6 Å². The fourth-order valence-electron chi connectivity index (χ4n) is 3.74. The van der Waals surface area contributed by atoms with Gasteiger partial charge in [-0.3, -0.25) is 0 Å². The van der Waals surface area contributed by atoms with Gasteiger partial charge in [0.25, 0.3) is 4.08 Å². The molecule has 0 bridgehead atoms. The topological polar surface area (TPSA) is 81.5 Å². The third-order valence-electron chi connectivity index (χ3n) is 5.29. The van der Waals surface area contributed by atoms with Crippen LogP contribution in [-0.4, -0.2) is 45.1 Å². The monoisotopic (exact) mass is 435 g/mol. The molecule has 0 amide bonds. The number of carboxylic acids is 1. The van der Waals surface area contributed by atoms with Crippen LogP contribution in [-0.2, 0) is 21.1 Å².